The van der Waals surface area contributed by atoms with E-state index in [2.05, 4.69) is 19.9 Å². The number of nitrogens with zero attached hydrogens (tertiary/aromatic N) is 3. The molecule has 2 heterocycles. The fraction of sp³-hybridized carbons (Fsp3) is 0.235. The van der Waals surface area contributed by atoms with Gasteiger partial charge in [-0.05, 0) is 25.5 Å². The summed E-state index contributed by atoms with van der Waals surface area (Å²) >= 11 is 1.56. The molecule has 0 atom stereocenters. The minimum Gasteiger partial charge on any atom is -0.331 e. The van der Waals surface area contributed by atoms with E-state index in [9.17, 15) is 4.79 Å². The number of nitrogens with one attached hydrogen (secondary N) is 1. The van der Waals surface area contributed by atoms with E-state index in [1.807, 2.05) is 49.7 Å². The second-order valence-electron chi connectivity index (χ2n) is 5.34. The Morgan fingerprint density at radius 1 is 1.30 bits per heavy atom. The Morgan fingerprint density at radius 3 is 2.83 bits per heavy atom. The Hall–Kier alpha value is -2.47. The van der Waals surface area contributed by atoms with Gasteiger partial charge in [-0.1, -0.05) is 18.2 Å². The second kappa shape index (κ2) is 6.75. The lowest BCUT2D eigenvalue weighted by atomic mass is 10.1. The van der Waals surface area contributed by atoms with Gasteiger partial charge in [0.15, 0.2) is 0 Å². The van der Waals surface area contributed by atoms with Crippen LogP contribution in [0.25, 0.3) is 0 Å². The topological polar surface area (TPSA) is 59.8 Å². The first-order chi connectivity index (χ1) is 11.1. The molecular formula is C17H18N4OS. The minimum absolute atomic E-state index is 0.0508. The van der Waals surface area contributed by atoms with Crippen LogP contribution < -0.4 is 5.32 Å². The van der Waals surface area contributed by atoms with Gasteiger partial charge in [-0.15, -0.1) is 11.3 Å². The number of rotatable bonds is 5. The lowest BCUT2D eigenvalue weighted by Gasteiger charge is -2.12. The number of hydrogen-bond acceptors (Lipinski definition) is 4. The highest BCUT2D eigenvalue weighted by Crippen LogP contribution is 2.18. The third-order valence-electron chi connectivity index (χ3n) is 3.56. The van der Waals surface area contributed by atoms with E-state index < -0.39 is 0 Å². The molecule has 0 spiro atoms. The van der Waals surface area contributed by atoms with E-state index >= 15 is 0 Å². The number of hydrogen-bond donors (Lipinski definition) is 1. The van der Waals surface area contributed by atoms with Crippen molar-refractivity contribution in [3.63, 3.8) is 0 Å². The monoisotopic (exact) mass is 326 g/mol. The van der Waals surface area contributed by atoms with Gasteiger partial charge in [-0.2, -0.15) is 0 Å². The smallest absolute Gasteiger partial charge is 0.230 e. The number of amides is 1. The summed E-state index contributed by atoms with van der Waals surface area (Å²) < 4.78 is 2.05. The maximum Gasteiger partial charge on any atom is 0.230 e. The van der Waals surface area contributed by atoms with Gasteiger partial charge in [0.05, 0.1) is 23.7 Å². The molecule has 0 radical (unpaired) electrons. The van der Waals surface area contributed by atoms with Crippen molar-refractivity contribution in [1.82, 2.24) is 14.5 Å². The molecule has 6 heteroatoms. The van der Waals surface area contributed by atoms with Gasteiger partial charge in [0.1, 0.15) is 5.82 Å². The zero-order valence-electron chi connectivity index (χ0n) is 13.1. The largest absolute Gasteiger partial charge is 0.331 e. The molecule has 1 aromatic carbocycles. The summed E-state index contributed by atoms with van der Waals surface area (Å²) in [4.78, 5) is 20.8. The normalized spacial score (nSPS) is 10.7. The molecular weight excluding hydrogens is 308 g/mol. The lowest BCUT2D eigenvalue weighted by molar-refractivity contribution is -0.115. The molecule has 1 N–H and O–H groups in total. The standard InChI is InChI=1S/C17H18N4OS/c1-12-18-7-8-21(12)10-14-5-3-4-6-16(14)20-17(22)9-15-11-23-13(2)19-15/h3-8,11H,9-10H2,1-2H3,(H,20,22). The van der Waals surface area contributed by atoms with E-state index in [0.29, 0.717) is 13.0 Å². The molecule has 118 valence electrons. The third kappa shape index (κ3) is 3.84. The maximum atomic E-state index is 12.2. The highest BCUT2D eigenvalue weighted by atomic mass is 32.1. The zero-order chi connectivity index (χ0) is 16.2. The van der Waals surface area contributed by atoms with Crippen LogP contribution in [0.5, 0.6) is 0 Å². The third-order valence-corrected chi connectivity index (χ3v) is 4.39. The molecule has 0 aliphatic carbocycles. The Bertz CT molecular complexity index is 821. The van der Waals surface area contributed by atoms with Crippen molar-refractivity contribution < 1.29 is 4.79 Å². The molecule has 0 saturated heterocycles. The molecule has 1 amide bonds. The SMILES string of the molecule is Cc1nc(CC(=O)Nc2ccccc2Cn2ccnc2C)cs1. The Kier molecular flexibility index (Phi) is 4.52. The van der Waals surface area contributed by atoms with Crippen molar-refractivity contribution in [3.05, 3.63) is 64.1 Å². The molecule has 3 aromatic rings. The average Bonchev–Trinajstić information content (AvgIpc) is 3.10. The first-order valence-electron chi connectivity index (χ1n) is 7.38. The first-order valence-corrected chi connectivity index (χ1v) is 8.26. The van der Waals surface area contributed by atoms with Crippen molar-refractivity contribution in [2.24, 2.45) is 0 Å². The Morgan fingerprint density at radius 2 is 2.13 bits per heavy atom. The molecule has 0 saturated carbocycles. The van der Waals surface area contributed by atoms with Gasteiger partial charge >= 0.3 is 0 Å². The Labute approximate surface area is 139 Å². The van der Waals surface area contributed by atoms with E-state index in [4.69, 9.17) is 0 Å². The van der Waals surface area contributed by atoms with Crippen LogP contribution in [-0.4, -0.2) is 20.4 Å². The summed E-state index contributed by atoms with van der Waals surface area (Å²) in [5, 5.41) is 5.89. The fourth-order valence-corrected chi connectivity index (χ4v) is 3.00. The quantitative estimate of drug-likeness (QED) is 0.783. The molecule has 0 aliphatic rings. The van der Waals surface area contributed by atoms with Crippen molar-refractivity contribution in [3.8, 4) is 0 Å². The second-order valence-corrected chi connectivity index (χ2v) is 6.40. The van der Waals surface area contributed by atoms with Crippen LogP contribution in [0.3, 0.4) is 0 Å². The number of aryl methyl sites for hydroxylation is 2. The van der Waals surface area contributed by atoms with E-state index in [1.165, 1.54) is 0 Å². The van der Waals surface area contributed by atoms with Gasteiger partial charge in [0, 0.05) is 23.5 Å². The lowest BCUT2D eigenvalue weighted by Crippen LogP contribution is -2.16. The highest BCUT2D eigenvalue weighted by Gasteiger charge is 2.10. The minimum atomic E-state index is -0.0508. The molecule has 2 aromatic heterocycles. The molecule has 0 bridgehead atoms. The van der Waals surface area contributed by atoms with E-state index in [-0.39, 0.29) is 5.91 Å². The number of carbonyl (C=O) groups is 1. The summed E-state index contributed by atoms with van der Waals surface area (Å²) in [6, 6.07) is 7.84. The molecule has 5 nitrogen and oxygen atoms in total. The molecule has 0 aliphatic heterocycles. The van der Waals surface area contributed by atoms with Crippen molar-refractivity contribution in [2.45, 2.75) is 26.8 Å². The summed E-state index contributed by atoms with van der Waals surface area (Å²) in [5.41, 5.74) is 2.70. The number of para-hydroxylation sites is 1. The summed E-state index contributed by atoms with van der Waals surface area (Å²) in [5.74, 6) is 0.897. The van der Waals surface area contributed by atoms with Gasteiger partial charge in [0.2, 0.25) is 5.91 Å². The fourth-order valence-electron chi connectivity index (χ4n) is 2.38. The van der Waals surface area contributed by atoms with Crippen molar-refractivity contribution in [2.75, 3.05) is 5.32 Å². The average molecular weight is 326 g/mol. The first kappa shape index (κ1) is 15.4. The van der Waals surface area contributed by atoms with Crippen LogP contribution in [0.4, 0.5) is 5.69 Å². The van der Waals surface area contributed by atoms with Gasteiger partial charge in [-0.3, -0.25) is 4.79 Å². The maximum absolute atomic E-state index is 12.2. The predicted octanol–water partition coefficient (Wildman–Crippen LogP) is 3.19. The summed E-state index contributed by atoms with van der Waals surface area (Å²) in [7, 11) is 0. The van der Waals surface area contributed by atoms with Crippen molar-refractivity contribution >= 4 is 22.9 Å². The van der Waals surface area contributed by atoms with Crippen LogP contribution in [0.1, 0.15) is 22.1 Å². The molecule has 0 fully saturated rings. The predicted molar refractivity (Wildman–Crippen MR) is 91.7 cm³/mol. The number of anilines is 1. The van der Waals surface area contributed by atoms with Gasteiger partial charge in [-0.25, -0.2) is 9.97 Å². The highest BCUT2D eigenvalue weighted by molar-refractivity contribution is 7.09. The summed E-state index contributed by atoms with van der Waals surface area (Å²) in [6.07, 6.45) is 4.01. The number of thiazole rings is 1. The number of carbonyl (C=O) groups excluding carboxylic acids is 1. The van der Waals surface area contributed by atoms with Crippen LogP contribution in [-0.2, 0) is 17.8 Å². The number of aromatic nitrogens is 3. The van der Waals surface area contributed by atoms with Gasteiger partial charge < -0.3 is 9.88 Å². The molecule has 23 heavy (non-hydrogen) atoms. The van der Waals surface area contributed by atoms with Crippen molar-refractivity contribution in [1.29, 1.82) is 0 Å². The number of imidazole rings is 1. The molecule has 3 rings (SSSR count). The van der Waals surface area contributed by atoms with Crippen LogP contribution in [0, 0.1) is 13.8 Å². The van der Waals surface area contributed by atoms with E-state index in [1.54, 1.807) is 17.5 Å². The van der Waals surface area contributed by atoms with Crippen LogP contribution in [0.2, 0.25) is 0 Å². The zero-order valence-corrected chi connectivity index (χ0v) is 13.9. The molecule has 0 unspecified atom stereocenters. The Balaban J connectivity index is 1.72. The number of benzene rings is 1. The van der Waals surface area contributed by atoms with Crippen LogP contribution in [0.15, 0.2) is 42.0 Å². The van der Waals surface area contributed by atoms with Crippen LogP contribution >= 0.6 is 11.3 Å². The summed E-state index contributed by atoms with van der Waals surface area (Å²) in [6.45, 7) is 4.58. The van der Waals surface area contributed by atoms with E-state index in [0.717, 1.165) is 27.8 Å². The van der Waals surface area contributed by atoms with Gasteiger partial charge in [0.25, 0.3) is 0 Å².